The van der Waals surface area contributed by atoms with Gasteiger partial charge in [0.15, 0.2) is 23.0 Å². The third-order valence-electron chi connectivity index (χ3n) is 3.80. The summed E-state index contributed by atoms with van der Waals surface area (Å²) in [5.74, 6) is 0.123. The number of aliphatic imine (C=N–C) groups is 1. The highest BCUT2D eigenvalue weighted by Crippen LogP contribution is 2.39. The van der Waals surface area contributed by atoms with Gasteiger partial charge >= 0.3 is 0 Å². The van der Waals surface area contributed by atoms with E-state index in [-0.39, 0.29) is 23.7 Å². The zero-order valence-electron chi connectivity index (χ0n) is 10.8. The van der Waals surface area contributed by atoms with Crippen LogP contribution in [0.25, 0.3) is 0 Å². The Balaban J connectivity index is 2.06. The van der Waals surface area contributed by atoms with E-state index in [2.05, 4.69) is 9.98 Å². The minimum Gasteiger partial charge on any atom is -0.394 e. The number of aromatic nitrogens is 2. The SMILES string of the molecule is C[C@@]1(n2cnc3c2N=CCC3=O)O[C@H](CO)C(O)[C@@H]1O. The van der Waals surface area contributed by atoms with Gasteiger partial charge in [-0.05, 0) is 6.92 Å². The Kier molecular flexibility index (Phi) is 2.98. The van der Waals surface area contributed by atoms with Gasteiger partial charge in [0.05, 0.1) is 12.9 Å². The molecule has 3 rings (SSSR count). The number of imidazole rings is 1. The Hall–Kier alpha value is -1.61. The van der Waals surface area contributed by atoms with Gasteiger partial charge in [0.2, 0.25) is 0 Å². The summed E-state index contributed by atoms with van der Waals surface area (Å²) in [5.41, 5.74) is -1.13. The highest BCUT2D eigenvalue weighted by molar-refractivity contribution is 6.08. The van der Waals surface area contributed by atoms with E-state index in [0.717, 1.165) is 0 Å². The number of rotatable bonds is 2. The van der Waals surface area contributed by atoms with Gasteiger partial charge in [-0.2, -0.15) is 0 Å². The molecule has 1 saturated heterocycles. The van der Waals surface area contributed by atoms with Crippen molar-refractivity contribution in [3.05, 3.63) is 12.0 Å². The summed E-state index contributed by atoms with van der Waals surface area (Å²) in [5, 5.41) is 29.2. The fourth-order valence-electron chi connectivity index (χ4n) is 2.61. The van der Waals surface area contributed by atoms with Crippen molar-refractivity contribution in [2.24, 2.45) is 4.99 Å². The molecule has 3 N–H and O–H groups in total. The van der Waals surface area contributed by atoms with Gasteiger partial charge < -0.3 is 20.1 Å². The smallest absolute Gasteiger partial charge is 0.190 e. The molecule has 0 radical (unpaired) electrons. The number of fused-ring (bicyclic) bond motifs is 1. The lowest BCUT2D eigenvalue weighted by molar-refractivity contribution is -0.133. The molecule has 0 aliphatic carbocycles. The van der Waals surface area contributed by atoms with Crippen LogP contribution in [0.4, 0.5) is 5.82 Å². The van der Waals surface area contributed by atoms with Gasteiger partial charge in [0.1, 0.15) is 18.3 Å². The molecule has 0 aromatic carbocycles. The lowest BCUT2D eigenvalue weighted by Gasteiger charge is -2.30. The average Bonchev–Trinajstić information content (AvgIpc) is 2.96. The topological polar surface area (TPSA) is 117 Å². The zero-order valence-corrected chi connectivity index (χ0v) is 10.8. The highest BCUT2D eigenvalue weighted by Gasteiger charge is 2.53. The molecule has 0 bridgehead atoms. The van der Waals surface area contributed by atoms with Crippen LogP contribution in [0.15, 0.2) is 11.3 Å². The van der Waals surface area contributed by atoms with E-state index >= 15 is 0 Å². The number of nitrogens with zero attached hydrogens (tertiary/aromatic N) is 3. The third-order valence-corrected chi connectivity index (χ3v) is 3.80. The molecule has 3 heterocycles. The summed E-state index contributed by atoms with van der Waals surface area (Å²) in [6, 6.07) is 0. The molecule has 2 aliphatic rings. The number of carbonyl (C=O) groups excluding carboxylic acids is 1. The molecule has 0 saturated carbocycles. The molecule has 0 spiro atoms. The monoisotopic (exact) mass is 281 g/mol. The van der Waals surface area contributed by atoms with Crippen LogP contribution in [0, 0.1) is 0 Å². The maximum absolute atomic E-state index is 11.7. The minimum absolute atomic E-state index is 0.163. The van der Waals surface area contributed by atoms with Crippen LogP contribution < -0.4 is 0 Å². The maximum Gasteiger partial charge on any atom is 0.190 e. The van der Waals surface area contributed by atoms with Crippen LogP contribution in [-0.4, -0.2) is 61.8 Å². The number of carbonyl (C=O) groups is 1. The lowest BCUT2D eigenvalue weighted by Crippen LogP contribution is -2.42. The number of ketones is 1. The number of Topliss-reactive ketones (excluding diaryl/α,β-unsaturated/α-hetero) is 1. The van der Waals surface area contributed by atoms with Gasteiger partial charge in [0, 0.05) is 12.6 Å². The van der Waals surface area contributed by atoms with E-state index in [9.17, 15) is 15.0 Å². The first-order valence-corrected chi connectivity index (χ1v) is 6.27. The average molecular weight is 281 g/mol. The standard InChI is InChI=1S/C12H15N3O5/c1-12(10(19)9(18)7(4-16)20-12)15-5-14-8-6(17)2-3-13-11(8)15/h3,5,7,9-10,16,18-19H,2,4H2,1H3/t7-,9?,10+,12-/m1/s1. The second-order valence-corrected chi connectivity index (χ2v) is 5.05. The van der Waals surface area contributed by atoms with E-state index in [1.807, 2.05) is 0 Å². The molecule has 8 heteroatoms. The van der Waals surface area contributed by atoms with Crippen molar-refractivity contribution in [1.29, 1.82) is 0 Å². The van der Waals surface area contributed by atoms with Crippen molar-refractivity contribution < 1.29 is 24.9 Å². The van der Waals surface area contributed by atoms with Gasteiger partial charge in [-0.15, -0.1) is 0 Å². The fraction of sp³-hybridized carbons (Fsp3) is 0.583. The van der Waals surface area contributed by atoms with E-state index in [0.29, 0.717) is 0 Å². The summed E-state index contributed by atoms with van der Waals surface area (Å²) < 4.78 is 6.97. The number of ether oxygens (including phenoxy) is 1. The third kappa shape index (κ3) is 1.66. The molecule has 0 amide bonds. The maximum atomic E-state index is 11.7. The summed E-state index contributed by atoms with van der Waals surface area (Å²) in [6.45, 7) is 1.13. The largest absolute Gasteiger partial charge is 0.394 e. The fourth-order valence-corrected chi connectivity index (χ4v) is 2.61. The summed E-state index contributed by atoms with van der Waals surface area (Å²) in [7, 11) is 0. The van der Waals surface area contributed by atoms with Crippen LogP contribution in [-0.2, 0) is 10.5 Å². The molecule has 1 unspecified atom stereocenters. The molecule has 2 aliphatic heterocycles. The second-order valence-electron chi connectivity index (χ2n) is 5.05. The lowest BCUT2D eigenvalue weighted by atomic mass is 10.0. The predicted octanol–water partition coefficient (Wildman–Crippen LogP) is -1.04. The van der Waals surface area contributed by atoms with Gasteiger partial charge in [-0.25, -0.2) is 9.98 Å². The Morgan fingerprint density at radius 2 is 2.30 bits per heavy atom. The van der Waals surface area contributed by atoms with Gasteiger partial charge in [-0.1, -0.05) is 0 Å². The van der Waals surface area contributed by atoms with Gasteiger partial charge in [-0.3, -0.25) is 9.36 Å². The van der Waals surface area contributed by atoms with Crippen molar-refractivity contribution >= 4 is 17.8 Å². The Morgan fingerprint density at radius 1 is 1.55 bits per heavy atom. The molecular formula is C12H15N3O5. The number of hydrogen-bond donors (Lipinski definition) is 3. The quantitative estimate of drug-likeness (QED) is 0.637. The first-order chi connectivity index (χ1) is 9.49. The first-order valence-electron chi connectivity index (χ1n) is 6.27. The number of hydrogen-bond acceptors (Lipinski definition) is 7. The Morgan fingerprint density at radius 3 is 2.95 bits per heavy atom. The minimum atomic E-state index is -1.34. The second kappa shape index (κ2) is 4.45. The Bertz CT molecular complexity index is 584. The number of aliphatic hydroxyl groups excluding tert-OH is 3. The predicted molar refractivity (Wildman–Crippen MR) is 66.9 cm³/mol. The molecule has 1 fully saturated rings. The highest BCUT2D eigenvalue weighted by atomic mass is 16.6. The van der Waals surface area contributed by atoms with Crippen molar-refractivity contribution in [1.82, 2.24) is 9.55 Å². The van der Waals surface area contributed by atoms with Crippen molar-refractivity contribution in [3.63, 3.8) is 0 Å². The Labute approximate surface area is 114 Å². The number of aliphatic hydroxyl groups is 3. The van der Waals surface area contributed by atoms with Crippen LogP contribution in [0.5, 0.6) is 0 Å². The molecule has 8 nitrogen and oxygen atoms in total. The van der Waals surface area contributed by atoms with E-state index in [1.54, 1.807) is 6.92 Å². The molecule has 4 atom stereocenters. The van der Waals surface area contributed by atoms with Crippen LogP contribution in [0.3, 0.4) is 0 Å². The summed E-state index contributed by atoms with van der Waals surface area (Å²) >= 11 is 0. The van der Waals surface area contributed by atoms with Crippen LogP contribution in [0.1, 0.15) is 23.8 Å². The molecule has 20 heavy (non-hydrogen) atoms. The van der Waals surface area contributed by atoms with Crippen molar-refractivity contribution in [3.8, 4) is 0 Å². The summed E-state index contributed by atoms with van der Waals surface area (Å²) in [4.78, 5) is 19.8. The molecule has 1 aromatic heterocycles. The van der Waals surface area contributed by atoms with Crippen molar-refractivity contribution in [2.75, 3.05) is 6.61 Å². The van der Waals surface area contributed by atoms with E-state index in [1.165, 1.54) is 17.1 Å². The zero-order chi connectivity index (χ0) is 14.5. The van der Waals surface area contributed by atoms with E-state index < -0.39 is 30.6 Å². The molecule has 108 valence electrons. The molecule has 1 aromatic rings. The first kappa shape index (κ1) is 13.4. The van der Waals surface area contributed by atoms with Gasteiger partial charge in [0.25, 0.3) is 0 Å². The van der Waals surface area contributed by atoms with Crippen LogP contribution >= 0.6 is 0 Å². The molecular weight excluding hydrogens is 266 g/mol. The van der Waals surface area contributed by atoms with E-state index in [4.69, 9.17) is 9.84 Å². The van der Waals surface area contributed by atoms with Crippen molar-refractivity contribution in [2.45, 2.75) is 37.4 Å². The summed E-state index contributed by atoms with van der Waals surface area (Å²) in [6.07, 6.45) is -0.409. The van der Waals surface area contributed by atoms with Crippen LogP contribution in [0.2, 0.25) is 0 Å². The normalized spacial score (nSPS) is 36.4.